The Hall–Kier alpha value is -2.15. The number of aliphatic carboxylic acids is 1. The van der Waals surface area contributed by atoms with Crippen LogP contribution in [0.1, 0.15) is 23.4 Å². The van der Waals surface area contributed by atoms with Crippen molar-refractivity contribution in [2.45, 2.75) is 19.4 Å². The first kappa shape index (κ1) is 13.8. The fraction of sp³-hybridized carbons (Fsp3) is 0.357. The molecule has 0 fully saturated rings. The van der Waals surface area contributed by atoms with E-state index >= 15 is 0 Å². The van der Waals surface area contributed by atoms with Crippen LogP contribution in [0.4, 0.5) is 5.95 Å². The summed E-state index contributed by atoms with van der Waals surface area (Å²) in [5.74, 6) is -0.0345. The maximum Gasteiger partial charge on any atom is 0.331 e. The number of fused-ring (bicyclic) bond motifs is 1. The lowest BCUT2D eigenvalue weighted by Crippen LogP contribution is -2.40. The third-order valence-corrected chi connectivity index (χ3v) is 4.36. The fourth-order valence-electron chi connectivity index (χ4n) is 2.50. The summed E-state index contributed by atoms with van der Waals surface area (Å²) >= 11 is 1.60. The number of hydrogen-bond acceptors (Lipinski definition) is 6. The highest BCUT2D eigenvalue weighted by atomic mass is 32.1. The molecule has 7 heteroatoms. The molecule has 0 bridgehead atoms. The molecule has 0 saturated heterocycles. The third kappa shape index (κ3) is 2.56. The molecule has 0 aromatic carbocycles. The van der Waals surface area contributed by atoms with Crippen LogP contribution in [-0.2, 0) is 11.2 Å². The van der Waals surface area contributed by atoms with Crippen LogP contribution in [-0.4, -0.2) is 34.2 Å². The second-order valence-corrected chi connectivity index (χ2v) is 5.61. The summed E-state index contributed by atoms with van der Waals surface area (Å²) < 4.78 is 5.36. The van der Waals surface area contributed by atoms with Crippen molar-refractivity contribution in [3.63, 3.8) is 0 Å². The third-order valence-electron chi connectivity index (χ3n) is 3.37. The van der Waals surface area contributed by atoms with Crippen LogP contribution in [0.5, 0.6) is 5.88 Å². The van der Waals surface area contributed by atoms with Crippen LogP contribution < -0.4 is 9.64 Å². The van der Waals surface area contributed by atoms with E-state index in [4.69, 9.17) is 4.74 Å². The lowest BCUT2D eigenvalue weighted by atomic mass is 10.0. The molecule has 0 aliphatic carbocycles. The number of anilines is 1. The van der Waals surface area contributed by atoms with Crippen LogP contribution in [0.15, 0.2) is 23.7 Å². The Bertz CT molecular complexity index is 658. The van der Waals surface area contributed by atoms with E-state index in [9.17, 15) is 9.90 Å². The van der Waals surface area contributed by atoms with Gasteiger partial charge >= 0.3 is 5.97 Å². The minimum atomic E-state index is -0.889. The zero-order chi connectivity index (χ0) is 14.8. The number of carbonyl (C=O) groups is 1. The van der Waals surface area contributed by atoms with E-state index in [1.807, 2.05) is 18.4 Å². The second-order valence-electron chi connectivity index (χ2n) is 4.61. The standard InChI is InChI=1S/C14H15N3O3S/c1-2-20-11-3-6-15-14(16-11)17-7-4-10-9(5-8-21-10)12(17)13(18)19/h3,5-6,8,12H,2,4,7H2,1H3,(H,18,19). The monoisotopic (exact) mass is 305 g/mol. The highest BCUT2D eigenvalue weighted by molar-refractivity contribution is 7.10. The summed E-state index contributed by atoms with van der Waals surface area (Å²) in [6.45, 7) is 2.97. The summed E-state index contributed by atoms with van der Waals surface area (Å²) in [7, 11) is 0. The van der Waals surface area contributed by atoms with Crippen LogP contribution in [0.25, 0.3) is 0 Å². The minimum Gasteiger partial charge on any atom is -0.479 e. The van der Waals surface area contributed by atoms with Crippen LogP contribution in [0, 0.1) is 0 Å². The summed E-state index contributed by atoms with van der Waals surface area (Å²) in [4.78, 5) is 23.1. The summed E-state index contributed by atoms with van der Waals surface area (Å²) in [6, 6.07) is 2.80. The van der Waals surface area contributed by atoms with Crippen molar-refractivity contribution in [3.05, 3.63) is 34.2 Å². The quantitative estimate of drug-likeness (QED) is 0.932. The molecule has 0 saturated carbocycles. The van der Waals surface area contributed by atoms with Crippen molar-refractivity contribution in [1.29, 1.82) is 0 Å². The Kier molecular flexibility index (Phi) is 3.74. The van der Waals surface area contributed by atoms with Gasteiger partial charge in [-0.05, 0) is 30.4 Å². The molecule has 1 unspecified atom stereocenters. The summed E-state index contributed by atoms with van der Waals surface area (Å²) in [5, 5.41) is 11.5. The van der Waals surface area contributed by atoms with Crippen molar-refractivity contribution in [2.75, 3.05) is 18.1 Å². The predicted molar refractivity (Wildman–Crippen MR) is 78.9 cm³/mol. The van der Waals surface area contributed by atoms with Gasteiger partial charge in [0.05, 0.1) is 6.61 Å². The molecule has 1 atom stereocenters. The highest BCUT2D eigenvalue weighted by Crippen LogP contribution is 2.35. The van der Waals surface area contributed by atoms with Gasteiger partial charge in [-0.3, -0.25) is 0 Å². The fourth-order valence-corrected chi connectivity index (χ4v) is 3.40. The number of nitrogens with zero attached hydrogens (tertiary/aromatic N) is 3. The van der Waals surface area contributed by atoms with Gasteiger partial charge in [0, 0.05) is 23.7 Å². The maximum atomic E-state index is 11.7. The molecule has 0 amide bonds. The van der Waals surface area contributed by atoms with Crippen molar-refractivity contribution >= 4 is 23.3 Å². The Balaban J connectivity index is 1.98. The van der Waals surface area contributed by atoms with Gasteiger partial charge in [0.1, 0.15) is 0 Å². The Morgan fingerprint density at radius 2 is 2.43 bits per heavy atom. The Labute approximate surface area is 126 Å². The van der Waals surface area contributed by atoms with Crippen molar-refractivity contribution in [3.8, 4) is 5.88 Å². The number of carboxylic acids is 1. The zero-order valence-corrected chi connectivity index (χ0v) is 12.3. The zero-order valence-electron chi connectivity index (χ0n) is 11.5. The number of rotatable bonds is 4. The van der Waals surface area contributed by atoms with Crippen LogP contribution in [0.3, 0.4) is 0 Å². The number of carboxylic acid groups (broad SMARTS) is 1. The van der Waals surface area contributed by atoms with E-state index in [0.717, 1.165) is 16.9 Å². The number of hydrogen-bond donors (Lipinski definition) is 1. The molecule has 1 aliphatic heterocycles. The van der Waals surface area contributed by atoms with Crippen molar-refractivity contribution < 1.29 is 14.6 Å². The molecular weight excluding hydrogens is 290 g/mol. The number of aromatic nitrogens is 2. The highest BCUT2D eigenvalue weighted by Gasteiger charge is 2.35. The maximum absolute atomic E-state index is 11.7. The van der Waals surface area contributed by atoms with Gasteiger partial charge in [0.2, 0.25) is 11.8 Å². The van der Waals surface area contributed by atoms with E-state index in [1.165, 1.54) is 0 Å². The molecule has 3 rings (SSSR count). The van der Waals surface area contributed by atoms with E-state index < -0.39 is 12.0 Å². The molecule has 0 spiro atoms. The minimum absolute atomic E-state index is 0.394. The molecule has 0 radical (unpaired) electrons. The van der Waals surface area contributed by atoms with E-state index in [2.05, 4.69) is 9.97 Å². The van der Waals surface area contributed by atoms with Gasteiger partial charge in [-0.25, -0.2) is 9.78 Å². The van der Waals surface area contributed by atoms with E-state index in [0.29, 0.717) is 25.0 Å². The lowest BCUT2D eigenvalue weighted by molar-refractivity contribution is -0.138. The average molecular weight is 305 g/mol. The molecule has 21 heavy (non-hydrogen) atoms. The molecule has 1 N–H and O–H groups in total. The van der Waals surface area contributed by atoms with Crippen LogP contribution >= 0.6 is 11.3 Å². The molecule has 110 valence electrons. The van der Waals surface area contributed by atoms with Gasteiger partial charge < -0.3 is 14.7 Å². The van der Waals surface area contributed by atoms with Gasteiger partial charge in [-0.15, -0.1) is 11.3 Å². The van der Waals surface area contributed by atoms with Crippen molar-refractivity contribution in [2.24, 2.45) is 0 Å². The largest absolute Gasteiger partial charge is 0.479 e. The van der Waals surface area contributed by atoms with Gasteiger partial charge in [-0.2, -0.15) is 4.98 Å². The normalized spacial score (nSPS) is 17.4. The SMILES string of the molecule is CCOc1ccnc(N2CCc3sccc3C2C(=O)O)n1. The average Bonchev–Trinajstić information content (AvgIpc) is 2.95. The summed E-state index contributed by atoms with van der Waals surface area (Å²) in [6.07, 6.45) is 2.40. The smallest absolute Gasteiger partial charge is 0.331 e. The van der Waals surface area contributed by atoms with Crippen molar-refractivity contribution in [1.82, 2.24) is 9.97 Å². The first-order valence-electron chi connectivity index (χ1n) is 6.72. The molecular formula is C14H15N3O3S. The van der Waals surface area contributed by atoms with Gasteiger partial charge in [0.15, 0.2) is 6.04 Å². The Morgan fingerprint density at radius 3 is 3.19 bits per heavy atom. The molecule has 2 aromatic rings. The first-order chi connectivity index (χ1) is 10.2. The molecule has 1 aliphatic rings. The lowest BCUT2D eigenvalue weighted by Gasteiger charge is -2.33. The molecule has 3 heterocycles. The van der Waals surface area contributed by atoms with Gasteiger partial charge in [0.25, 0.3) is 0 Å². The topological polar surface area (TPSA) is 75.5 Å². The van der Waals surface area contributed by atoms with E-state index in [-0.39, 0.29) is 0 Å². The second kappa shape index (κ2) is 5.69. The van der Waals surface area contributed by atoms with Gasteiger partial charge in [-0.1, -0.05) is 0 Å². The predicted octanol–water partition coefficient (Wildman–Crippen LogP) is 2.13. The summed E-state index contributed by atoms with van der Waals surface area (Å²) in [5.41, 5.74) is 0.837. The molecule has 6 nitrogen and oxygen atoms in total. The van der Waals surface area contributed by atoms with E-state index in [1.54, 1.807) is 28.5 Å². The van der Waals surface area contributed by atoms with Crippen LogP contribution in [0.2, 0.25) is 0 Å². The Morgan fingerprint density at radius 1 is 1.57 bits per heavy atom. The molecule has 2 aromatic heterocycles. The number of ether oxygens (including phenoxy) is 1. The number of thiophene rings is 1. The first-order valence-corrected chi connectivity index (χ1v) is 7.60.